The van der Waals surface area contributed by atoms with Crippen molar-refractivity contribution in [3.8, 4) is 0 Å². The van der Waals surface area contributed by atoms with Gasteiger partial charge in [-0.3, -0.25) is 18.9 Å². The Morgan fingerprint density at radius 2 is 1.96 bits per heavy atom. The fraction of sp³-hybridized carbons (Fsp3) is 0.444. The second-order valence-corrected chi connectivity index (χ2v) is 6.65. The number of pyridine rings is 1. The Bertz CT molecular complexity index is 990. The van der Waals surface area contributed by atoms with Crippen LogP contribution in [-0.2, 0) is 19.5 Å². The van der Waals surface area contributed by atoms with Crippen LogP contribution in [0.4, 0.5) is 0 Å². The molecule has 0 atom stereocenters. The Morgan fingerprint density at radius 1 is 1.15 bits per heavy atom. The van der Waals surface area contributed by atoms with Gasteiger partial charge >= 0.3 is 5.69 Å². The minimum Gasteiger partial charge on any atom is -0.323 e. The van der Waals surface area contributed by atoms with Gasteiger partial charge < -0.3 is 4.98 Å². The number of nitrogens with one attached hydrogen (secondary N) is 1. The fourth-order valence-corrected chi connectivity index (χ4v) is 3.22. The van der Waals surface area contributed by atoms with Gasteiger partial charge in [-0.05, 0) is 42.5 Å². The number of halogens is 1. The van der Waals surface area contributed by atoms with Crippen molar-refractivity contribution in [1.29, 1.82) is 0 Å². The number of aromatic amines is 1. The molecule has 0 saturated carbocycles. The standard InChI is InChI=1S/C18H22ClN5O2/c1-2-3-4-10-23-15-14(21-17(19)22-15)16(25)24(18(23)26)11-6-8-13-7-5-9-20-12-13/h5,7,9,12H,2-4,6,8,10-11H2,1H3,(H,21,22). The van der Waals surface area contributed by atoms with Gasteiger partial charge in [-0.15, -0.1) is 0 Å². The number of hydrogen-bond donors (Lipinski definition) is 1. The molecule has 1 N–H and O–H groups in total. The van der Waals surface area contributed by atoms with E-state index in [4.69, 9.17) is 11.6 Å². The number of hydrogen-bond acceptors (Lipinski definition) is 4. The van der Waals surface area contributed by atoms with E-state index in [-0.39, 0.29) is 22.0 Å². The topological polar surface area (TPSA) is 85.6 Å². The second kappa shape index (κ2) is 8.31. The average molecular weight is 376 g/mol. The van der Waals surface area contributed by atoms with Crippen molar-refractivity contribution < 1.29 is 0 Å². The first kappa shape index (κ1) is 18.4. The summed E-state index contributed by atoms with van der Waals surface area (Å²) in [5.41, 5.74) is 1.00. The summed E-state index contributed by atoms with van der Waals surface area (Å²) < 4.78 is 2.83. The minimum absolute atomic E-state index is 0.119. The Balaban J connectivity index is 1.91. The quantitative estimate of drug-likeness (QED) is 0.484. The summed E-state index contributed by atoms with van der Waals surface area (Å²) in [7, 11) is 0. The van der Waals surface area contributed by atoms with Gasteiger partial charge in [0.15, 0.2) is 11.2 Å². The molecule has 3 aromatic rings. The summed E-state index contributed by atoms with van der Waals surface area (Å²) in [6, 6.07) is 3.86. The van der Waals surface area contributed by atoms with Gasteiger partial charge in [0.25, 0.3) is 5.56 Å². The SMILES string of the molecule is CCCCCn1c(=O)n(CCCc2cccnc2)c(=O)c2[nH]c(Cl)nc21. The third-order valence-corrected chi connectivity index (χ3v) is 4.57. The number of nitrogens with zero attached hydrogens (tertiary/aromatic N) is 4. The van der Waals surface area contributed by atoms with Crippen molar-refractivity contribution in [2.45, 2.75) is 52.1 Å². The van der Waals surface area contributed by atoms with Crippen LogP contribution in [0.2, 0.25) is 5.28 Å². The molecule has 0 saturated heterocycles. The number of H-pyrrole nitrogens is 1. The van der Waals surface area contributed by atoms with E-state index >= 15 is 0 Å². The van der Waals surface area contributed by atoms with Gasteiger partial charge in [0.05, 0.1) is 0 Å². The van der Waals surface area contributed by atoms with E-state index in [0.717, 1.165) is 31.2 Å². The molecule has 0 aromatic carbocycles. The predicted octanol–water partition coefficient (Wildman–Crippen LogP) is 2.76. The summed E-state index contributed by atoms with van der Waals surface area (Å²) in [6.45, 7) is 2.96. The molecule has 7 nitrogen and oxygen atoms in total. The van der Waals surface area contributed by atoms with E-state index in [1.54, 1.807) is 17.0 Å². The minimum atomic E-state index is -0.373. The highest BCUT2D eigenvalue weighted by atomic mass is 35.5. The average Bonchev–Trinajstić information content (AvgIpc) is 3.03. The highest BCUT2D eigenvalue weighted by Gasteiger charge is 2.16. The van der Waals surface area contributed by atoms with Gasteiger partial charge in [0, 0.05) is 25.5 Å². The first-order chi connectivity index (χ1) is 12.6. The van der Waals surface area contributed by atoms with E-state index in [2.05, 4.69) is 21.9 Å². The number of unbranched alkanes of at least 4 members (excludes halogenated alkanes) is 2. The Labute approximate surface area is 155 Å². The zero-order valence-corrected chi connectivity index (χ0v) is 15.5. The van der Waals surface area contributed by atoms with Crippen molar-refractivity contribution in [3.63, 3.8) is 0 Å². The van der Waals surface area contributed by atoms with Crippen molar-refractivity contribution in [2.24, 2.45) is 0 Å². The number of rotatable bonds is 8. The van der Waals surface area contributed by atoms with Crippen molar-refractivity contribution >= 4 is 22.8 Å². The number of fused-ring (bicyclic) bond motifs is 1. The summed E-state index contributed by atoms with van der Waals surface area (Å²) in [5.74, 6) is 0. The van der Waals surface area contributed by atoms with Crippen LogP contribution < -0.4 is 11.2 Å². The lowest BCUT2D eigenvalue weighted by Gasteiger charge is -2.11. The van der Waals surface area contributed by atoms with Crippen molar-refractivity contribution in [2.75, 3.05) is 0 Å². The highest BCUT2D eigenvalue weighted by Crippen LogP contribution is 2.11. The van der Waals surface area contributed by atoms with E-state index in [1.165, 1.54) is 4.57 Å². The third kappa shape index (κ3) is 3.88. The van der Waals surface area contributed by atoms with Crippen molar-refractivity contribution in [1.82, 2.24) is 24.1 Å². The molecule has 3 aromatic heterocycles. The fourth-order valence-electron chi connectivity index (χ4n) is 3.04. The molecule has 0 aliphatic carbocycles. The van der Waals surface area contributed by atoms with E-state index < -0.39 is 0 Å². The highest BCUT2D eigenvalue weighted by molar-refractivity contribution is 6.28. The van der Waals surface area contributed by atoms with Gasteiger partial charge in [0.1, 0.15) is 0 Å². The van der Waals surface area contributed by atoms with Crippen LogP contribution in [0, 0.1) is 0 Å². The lowest BCUT2D eigenvalue weighted by atomic mass is 10.1. The lowest BCUT2D eigenvalue weighted by Crippen LogP contribution is -2.40. The predicted molar refractivity (Wildman–Crippen MR) is 102 cm³/mol. The van der Waals surface area contributed by atoms with Crippen LogP contribution >= 0.6 is 11.6 Å². The largest absolute Gasteiger partial charge is 0.332 e. The molecule has 3 rings (SSSR count). The molecule has 26 heavy (non-hydrogen) atoms. The second-order valence-electron chi connectivity index (χ2n) is 6.29. The molecule has 0 aliphatic rings. The summed E-state index contributed by atoms with van der Waals surface area (Å²) in [6.07, 6.45) is 7.84. The monoisotopic (exact) mass is 375 g/mol. The van der Waals surface area contributed by atoms with Crippen LogP contribution in [0.1, 0.15) is 38.2 Å². The Kier molecular flexibility index (Phi) is 5.88. The molecule has 0 unspecified atom stereocenters. The van der Waals surface area contributed by atoms with Gasteiger partial charge in [-0.2, -0.15) is 4.98 Å². The number of aromatic nitrogens is 5. The molecule has 0 fully saturated rings. The molecule has 0 spiro atoms. The zero-order chi connectivity index (χ0) is 18.5. The van der Waals surface area contributed by atoms with Gasteiger partial charge in [0.2, 0.25) is 5.28 Å². The van der Waals surface area contributed by atoms with E-state index in [9.17, 15) is 9.59 Å². The number of imidazole rings is 1. The summed E-state index contributed by atoms with van der Waals surface area (Å²) >= 11 is 5.94. The van der Waals surface area contributed by atoms with Crippen LogP contribution in [0.25, 0.3) is 11.2 Å². The molecule has 0 aliphatic heterocycles. The third-order valence-electron chi connectivity index (χ3n) is 4.39. The molecule has 0 amide bonds. The molecular weight excluding hydrogens is 354 g/mol. The maximum atomic E-state index is 12.9. The first-order valence-electron chi connectivity index (χ1n) is 8.89. The summed E-state index contributed by atoms with van der Waals surface area (Å²) in [5, 5.41) is 0.119. The maximum absolute atomic E-state index is 12.9. The van der Waals surface area contributed by atoms with E-state index in [0.29, 0.717) is 25.2 Å². The molecule has 8 heteroatoms. The van der Waals surface area contributed by atoms with Gasteiger partial charge in [-0.1, -0.05) is 25.8 Å². The van der Waals surface area contributed by atoms with Crippen LogP contribution in [0.15, 0.2) is 34.1 Å². The van der Waals surface area contributed by atoms with Gasteiger partial charge in [-0.25, -0.2) is 4.79 Å². The Hall–Kier alpha value is -2.41. The van der Waals surface area contributed by atoms with Crippen LogP contribution in [-0.4, -0.2) is 24.1 Å². The molecule has 3 heterocycles. The molecular formula is C18H22ClN5O2. The maximum Gasteiger partial charge on any atom is 0.332 e. The number of aryl methyl sites for hydroxylation is 2. The first-order valence-corrected chi connectivity index (χ1v) is 9.27. The lowest BCUT2D eigenvalue weighted by molar-refractivity contribution is 0.526. The normalized spacial score (nSPS) is 11.3. The van der Waals surface area contributed by atoms with E-state index in [1.807, 2.05) is 12.1 Å². The molecule has 0 radical (unpaired) electrons. The Morgan fingerprint density at radius 3 is 2.69 bits per heavy atom. The summed E-state index contributed by atoms with van der Waals surface area (Å²) in [4.78, 5) is 36.6. The van der Waals surface area contributed by atoms with Crippen molar-refractivity contribution in [3.05, 3.63) is 56.2 Å². The molecule has 0 bridgehead atoms. The van der Waals surface area contributed by atoms with Crippen LogP contribution in [0.3, 0.4) is 0 Å². The smallest absolute Gasteiger partial charge is 0.323 e. The van der Waals surface area contributed by atoms with Crippen LogP contribution in [0.5, 0.6) is 0 Å². The molecule has 138 valence electrons. The zero-order valence-electron chi connectivity index (χ0n) is 14.7.